The molecule has 4 heteroatoms. The number of aliphatic imine (C=N–C) groups is 1. The van der Waals surface area contributed by atoms with E-state index >= 15 is 0 Å². The number of isothiocyanates is 1. The highest BCUT2D eigenvalue weighted by Crippen LogP contribution is 2.34. The van der Waals surface area contributed by atoms with Crippen LogP contribution in [0.4, 0.5) is 14.5 Å². The number of thiocarbonyl (C=S) groups is 1. The summed E-state index contributed by atoms with van der Waals surface area (Å²) in [7, 11) is 0. The Balaban J connectivity index is 1.55. The molecule has 0 amide bonds. The van der Waals surface area contributed by atoms with Gasteiger partial charge in [-0.3, -0.25) is 0 Å². The lowest BCUT2D eigenvalue weighted by molar-refractivity contribution is 0.590. The number of aryl methyl sites for hydroxylation is 1. The standard InChI is InChI=1S/C27H19F2NS/c1-2-3-18-4-6-19(7-5-18)8-9-20-12-21-10-11-22(14-23(21)13-20)27-25(28)15-24(30-17-31)16-26(27)29/h4-7,10-12,14-16H,2-3,13H2,1H3. The van der Waals surface area contributed by atoms with Crippen molar-refractivity contribution in [3.05, 3.63) is 94.1 Å². The van der Waals surface area contributed by atoms with Crippen molar-refractivity contribution >= 4 is 29.1 Å². The van der Waals surface area contributed by atoms with Crippen LogP contribution in [0.5, 0.6) is 0 Å². The molecule has 0 aromatic heterocycles. The van der Waals surface area contributed by atoms with Crippen LogP contribution in [0.25, 0.3) is 17.2 Å². The average molecular weight is 428 g/mol. The van der Waals surface area contributed by atoms with Gasteiger partial charge in [0.1, 0.15) is 11.6 Å². The fraction of sp³-hybridized carbons (Fsp3) is 0.148. The third-order valence-corrected chi connectivity index (χ3v) is 5.30. The lowest BCUT2D eigenvalue weighted by Gasteiger charge is -2.08. The summed E-state index contributed by atoms with van der Waals surface area (Å²) in [5, 5.41) is 2.12. The van der Waals surface area contributed by atoms with Crippen LogP contribution in [-0.2, 0) is 12.8 Å². The maximum absolute atomic E-state index is 14.5. The molecule has 0 atom stereocenters. The van der Waals surface area contributed by atoms with Crippen molar-refractivity contribution in [2.45, 2.75) is 26.2 Å². The number of rotatable bonds is 4. The monoisotopic (exact) mass is 427 g/mol. The minimum absolute atomic E-state index is 0.0715. The molecule has 0 saturated carbocycles. The maximum Gasteiger partial charge on any atom is 0.136 e. The second-order valence-corrected chi connectivity index (χ2v) is 7.63. The topological polar surface area (TPSA) is 12.4 Å². The lowest BCUT2D eigenvalue weighted by Crippen LogP contribution is -1.92. The highest BCUT2D eigenvalue weighted by atomic mass is 32.1. The molecule has 0 aliphatic heterocycles. The Morgan fingerprint density at radius 2 is 1.71 bits per heavy atom. The van der Waals surface area contributed by atoms with E-state index in [4.69, 9.17) is 0 Å². The Hall–Kier alpha value is -3.38. The molecule has 0 radical (unpaired) electrons. The van der Waals surface area contributed by atoms with E-state index in [1.54, 1.807) is 6.07 Å². The fourth-order valence-corrected chi connectivity index (χ4v) is 3.83. The fourth-order valence-electron chi connectivity index (χ4n) is 3.73. The second-order valence-electron chi connectivity index (χ2n) is 7.44. The molecule has 0 saturated heterocycles. The van der Waals surface area contributed by atoms with E-state index in [9.17, 15) is 8.78 Å². The third kappa shape index (κ3) is 4.70. The summed E-state index contributed by atoms with van der Waals surface area (Å²) in [6, 6.07) is 16.1. The van der Waals surface area contributed by atoms with Gasteiger partial charge in [0.15, 0.2) is 0 Å². The van der Waals surface area contributed by atoms with E-state index < -0.39 is 11.6 Å². The number of nitrogens with zero attached hydrogens (tertiary/aromatic N) is 1. The molecule has 0 N–H and O–H groups in total. The smallest absolute Gasteiger partial charge is 0.136 e. The van der Waals surface area contributed by atoms with Gasteiger partial charge >= 0.3 is 0 Å². The molecule has 0 unspecified atom stereocenters. The summed E-state index contributed by atoms with van der Waals surface area (Å²) < 4.78 is 29.1. The van der Waals surface area contributed by atoms with Gasteiger partial charge in [0.2, 0.25) is 0 Å². The van der Waals surface area contributed by atoms with E-state index in [1.807, 2.05) is 30.3 Å². The average Bonchev–Trinajstić information content (AvgIpc) is 3.15. The first kappa shape index (κ1) is 20.9. The second kappa shape index (κ2) is 9.18. The van der Waals surface area contributed by atoms with E-state index in [0.717, 1.165) is 47.2 Å². The molecular weight excluding hydrogens is 408 g/mol. The maximum atomic E-state index is 14.5. The molecule has 0 heterocycles. The molecule has 0 bridgehead atoms. The third-order valence-electron chi connectivity index (χ3n) is 5.20. The quantitative estimate of drug-likeness (QED) is 0.242. The van der Waals surface area contributed by atoms with Gasteiger partial charge in [0.05, 0.1) is 16.4 Å². The summed E-state index contributed by atoms with van der Waals surface area (Å²) in [4.78, 5) is 3.65. The predicted molar refractivity (Wildman–Crippen MR) is 125 cm³/mol. The molecule has 3 aromatic rings. The van der Waals surface area contributed by atoms with Gasteiger partial charge in [-0.15, -0.1) is 0 Å². The van der Waals surface area contributed by atoms with Crippen LogP contribution in [-0.4, -0.2) is 5.16 Å². The van der Waals surface area contributed by atoms with Gasteiger partial charge in [-0.1, -0.05) is 49.5 Å². The number of hydrogen-bond donors (Lipinski definition) is 0. The Bertz CT molecular complexity index is 1260. The molecule has 152 valence electrons. The highest BCUT2D eigenvalue weighted by molar-refractivity contribution is 7.78. The number of allylic oxidation sites excluding steroid dienone is 1. The molecule has 0 spiro atoms. The van der Waals surface area contributed by atoms with Crippen molar-refractivity contribution in [2.75, 3.05) is 0 Å². The van der Waals surface area contributed by atoms with Crippen LogP contribution in [0.3, 0.4) is 0 Å². The van der Waals surface area contributed by atoms with Crippen molar-refractivity contribution in [3.8, 4) is 23.0 Å². The van der Waals surface area contributed by atoms with Gasteiger partial charge in [0.25, 0.3) is 0 Å². The zero-order valence-electron chi connectivity index (χ0n) is 17.0. The first-order valence-electron chi connectivity index (χ1n) is 10.1. The number of fused-ring (bicyclic) bond motifs is 1. The summed E-state index contributed by atoms with van der Waals surface area (Å²) in [6.45, 7) is 2.16. The normalized spacial score (nSPS) is 11.8. The zero-order valence-corrected chi connectivity index (χ0v) is 17.8. The summed E-state index contributed by atoms with van der Waals surface area (Å²) in [5.74, 6) is 5.09. The van der Waals surface area contributed by atoms with Crippen LogP contribution in [0.1, 0.15) is 35.6 Å². The van der Waals surface area contributed by atoms with Gasteiger partial charge < -0.3 is 0 Å². The first-order chi connectivity index (χ1) is 15.1. The predicted octanol–water partition coefficient (Wildman–Crippen LogP) is 7.31. The van der Waals surface area contributed by atoms with E-state index in [-0.39, 0.29) is 11.3 Å². The minimum atomic E-state index is -0.679. The molecular formula is C27H19F2NS. The molecule has 0 fully saturated rings. The SMILES string of the molecule is CCCc1ccc(C#CC2=Cc3ccc(-c4c(F)cc(N=C=S)cc4F)cc3C2)cc1. The zero-order chi connectivity index (χ0) is 21.8. The Labute approximate surface area is 186 Å². The largest absolute Gasteiger partial charge is 0.206 e. The van der Waals surface area contributed by atoms with Crippen LogP contribution in [0.15, 0.2) is 65.2 Å². The summed E-state index contributed by atoms with van der Waals surface area (Å²) >= 11 is 4.50. The van der Waals surface area contributed by atoms with Crippen molar-refractivity contribution in [1.82, 2.24) is 0 Å². The van der Waals surface area contributed by atoms with Gasteiger partial charge in [-0.05, 0) is 65.2 Å². The highest BCUT2D eigenvalue weighted by Gasteiger charge is 2.17. The molecule has 1 nitrogen and oxygen atoms in total. The van der Waals surface area contributed by atoms with E-state index in [0.29, 0.717) is 12.0 Å². The van der Waals surface area contributed by atoms with Gasteiger partial charge in [0, 0.05) is 29.7 Å². The summed E-state index contributed by atoms with van der Waals surface area (Å²) in [6.07, 6.45) is 4.86. The van der Waals surface area contributed by atoms with E-state index in [1.165, 1.54) is 5.56 Å². The van der Waals surface area contributed by atoms with Crippen molar-refractivity contribution in [2.24, 2.45) is 4.99 Å². The molecule has 4 rings (SSSR count). The van der Waals surface area contributed by atoms with Gasteiger partial charge in [-0.2, -0.15) is 4.99 Å². The van der Waals surface area contributed by atoms with E-state index in [2.05, 4.69) is 53.3 Å². The molecule has 31 heavy (non-hydrogen) atoms. The molecule has 1 aliphatic carbocycles. The van der Waals surface area contributed by atoms with Crippen LogP contribution >= 0.6 is 12.2 Å². The van der Waals surface area contributed by atoms with Crippen molar-refractivity contribution in [3.63, 3.8) is 0 Å². The first-order valence-corrected chi connectivity index (χ1v) is 10.5. The number of halogens is 2. The summed E-state index contributed by atoms with van der Waals surface area (Å²) in [5.41, 5.74) is 5.82. The van der Waals surface area contributed by atoms with Crippen LogP contribution in [0.2, 0.25) is 0 Å². The Kier molecular flexibility index (Phi) is 6.18. The molecule has 1 aliphatic rings. The number of hydrogen-bond acceptors (Lipinski definition) is 2. The van der Waals surface area contributed by atoms with Crippen LogP contribution in [0, 0.1) is 23.5 Å². The van der Waals surface area contributed by atoms with Crippen LogP contribution < -0.4 is 0 Å². The minimum Gasteiger partial charge on any atom is -0.206 e. The van der Waals surface area contributed by atoms with Crippen molar-refractivity contribution in [1.29, 1.82) is 0 Å². The van der Waals surface area contributed by atoms with Gasteiger partial charge in [-0.25, -0.2) is 8.78 Å². The number of benzene rings is 3. The van der Waals surface area contributed by atoms with Crippen molar-refractivity contribution < 1.29 is 8.78 Å². The Morgan fingerprint density at radius 3 is 2.39 bits per heavy atom. The molecule has 3 aromatic carbocycles. The lowest BCUT2D eigenvalue weighted by atomic mass is 9.99. The Morgan fingerprint density at radius 1 is 0.968 bits per heavy atom.